The average molecular weight is 430 g/mol. The number of anilines is 1. The molecule has 1 aliphatic heterocycles. The third-order valence-electron chi connectivity index (χ3n) is 3.66. The van der Waals surface area contributed by atoms with Crippen molar-refractivity contribution in [2.75, 3.05) is 19.0 Å². The molecule has 0 aliphatic carbocycles. The van der Waals surface area contributed by atoms with E-state index < -0.39 is 13.0 Å². The van der Waals surface area contributed by atoms with E-state index in [4.69, 9.17) is 4.74 Å². The third-order valence-corrected chi connectivity index (χ3v) is 4.32. The number of nitrogens with one attached hydrogen (secondary N) is 1. The molecule has 1 aromatic carbocycles. The van der Waals surface area contributed by atoms with Gasteiger partial charge in [-0.1, -0.05) is 0 Å². The summed E-state index contributed by atoms with van der Waals surface area (Å²) in [6, 6.07) is 3.09. The molecule has 138 valence electrons. The molecular weight excluding hydrogens is 416 g/mol. The lowest BCUT2D eigenvalue weighted by atomic mass is 10.1. The van der Waals surface area contributed by atoms with Crippen LogP contribution in [0.15, 0.2) is 22.9 Å². The molecule has 1 aliphatic rings. The molecule has 0 saturated heterocycles. The van der Waals surface area contributed by atoms with Crippen LogP contribution in [0.5, 0.6) is 5.75 Å². The molecule has 2 amide bonds. The Balaban J connectivity index is 1.79. The van der Waals surface area contributed by atoms with Crippen LogP contribution in [0.2, 0.25) is 0 Å². The van der Waals surface area contributed by atoms with Crippen molar-refractivity contribution in [3.63, 3.8) is 0 Å². The minimum Gasteiger partial charge on any atom is -0.482 e. The second-order valence-electron chi connectivity index (χ2n) is 5.58. The molecule has 1 N–H and O–H groups in total. The van der Waals surface area contributed by atoms with E-state index in [0.29, 0.717) is 21.5 Å². The highest BCUT2D eigenvalue weighted by Crippen LogP contribution is 2.34. The zero-order valence-electron chi connectivity index (χ0n) is 13.6. The van der Waals surface area contributed by atoms with Crippen LogP contribution in [0, 0.1) is 0 Å². The quantitative estimate of drug-likeness (QED) is 0.783. The highest BCUT2D eigenvalue weighted by atomic mass is 79.9. The van der Waals surface area contributed by atoms with Crippen molar-refractivity contribution in [2.24, 2.45) is 0 Å². The van der Waals surface area contributed by atoms with Crippen LogP contribution in [0.25, 0.3) is 0 Å². The second-order valence-corrected chi connectivity index (χ2v) is 6.43. The van der Waals surface area contributed by atoms with Gasteiger partial charge in [0.15, 0.2) is 6.61 Å². The first-order chi connectivity index (χ1) is 12.3. The Kier molecular flexibility index (Phi) is 5.16. The third kappa shape index (κ3) is 3.82. The van der Waals surface area contributed by atoms with Crippen LogP contribution in [-0.2, 0) is 17.9 Å². The van der Waals surface area contributed by atoms with Gasteiger partial charge in [0.2, 0.25) is 0 Å². The van der Waals surface area contributed by atoms with E-state index in [9.17, 15) is 18.4 Å². The molecule has 0 saturated carbocycles. The van der Waals surface area contributed by atoms with E-state index in [1.54, 1.807) is 6.07 Å². The van der Waals surface area contributed by atoms with Gasteiger partial charge in [-0.15, -0.1) is 0 Å². The zero-order chi connectivity index (χ0) is 18.8. The van der Waals surface area contributed by atoms with Gasteiger partial charge >= 0.3 is 0 Å². The molecule has 0 bridgehead atoms. The number of carbonyl (C=O) groups is 2. The van der Waals surface area contributed by atoms with Crippen molar-refractivity contribution in [1.29, 1.82) is 0 Å². The summed E-state index contributed by atoms with van der Waals surface area (Å²) in [5, 5.41) is 6.39. The topological polar surface area (TPSA) is 89.4 Å². The van der Waals surface area contributed by atoms with Gasteiger partial charge < -0.3 is 15.0 Å². The van der Waals surface area contributed by atoms with Crippen molar-refractivity contribution in [2.45, 2.75) is 19.5 Å². The van der Waals surface area contributed by atoms with Gasteiger partial charge in [-0.05, 0) is 28.1 Å². The predicted molar refractivity (Wildman–Crippen MR) is 90.1 cm³/mol. The average Bonchev–Trinajstić information content (AvgIpc) is 2.99. The Morgan fingerprint density at radius 1 is 1.50 bits per heavy atom. The Morgan fingerprint density at radius 3 is 3.00 bits per heavy atom. The first-order valence-electron chi connectivity index (χ1n) is 7.51. The maximum atomic E-state index is 12.7. The highest BCUT2D eigenvalue weighted by Gasteiger charge is 2.23. The molecular formula is C15H14BrF2N5O3. The normalized spacial score (nSPS) is 13.2. The Labute approximate surface area is 155 Å². The highest BCUT2D eigenvalue weighted by molar-refractivity contribution is 9.10. The van der Waals surface area contributed by atoms with Crippen molar-refractivity contribution < 1.29 is 23.1 Å². The lowest BCUT2D eigenvalue weighted by Gasteiger charge is -2.22. The number of carbonyl (C=O) groups excluding carboxylic acids is 2. The van der Waals surface area contributed by atoms with E-state index >= 15 is 0 Å². The molecule has 2 heterocycles. The number of halogens is 3. The van der Waals surface area contributed by atoms with Crippen LogP contribution in [-0.4, -0.2) is 51.6 Å². The van der Waals surface area contributed by atoms with Crippen molar-refractivity contribution in [3.8, 4) is 5.75 Å². The van der Waals surface area contributed by atoms with Crippen LogP contribution < -0.4 is 10.1 Å². The smallest absolute Gasteiger partial charge is 0.262 e. The van der Waals surface area contributed by atoms with Gasteiger partial charge in [-0.2, -0.15) is 5.10 Å². The fourth-order valence-electron chi connectivity index (χ4n) is 2.45. The fourth-order valence-corrected chi connectivity index (χ4v) is 2.96. The molecule has 0 spiro atoms. The van der Waals surface area contributed by atoms with Crippen LogP contribution in [0.1, 0.15) is 16.2 Å². The summed E-state index contributed by atoms with van der Waals surface area (Å²) in [5.41, 5.74) is 0.770. The lowest BCUT2D eigenvalue weighted by Crippen LogP contribution is -2.29. The number of nitrogens with zero attached hydrogens (tertiary/aromatic N) is 4. The molecule has 8 nitrogen and oxygen atoms in total. The van der Waals surface area contributed by atoms with E-state index in [2.05, 4.69) is 31.3 Å². The fraction of sp³-hybridized carbons (Fsp3) is 0.333. The molecule has 26 heavy (non-hydrogen) atoms. The predicted octanol–water partition coefficient (Wildman–Crippen LogP) is 1.91. The summed E-state index contributed by atoms with van der Waals surface area (Å²) in [4.78, 5) is 29.3. The molecule has 1 aromatic heterocycles. The van der Waals surface area contributed by atoms with Crippen LogP contribution >= 0.6 is 15.9 Å². The number of benzene rings is 1. The van der Waals surface area contributed by atoms with Gasteiger partial charge in [0.05, 0.1) is 17.8 Å². The summed E-state index contributed by atoms with van der Waals surface area (Å²) < 4.78 is 32.0. The molecule has 0 unspecified atom stereocenters. The number of fused-ring (bicyclic) bond motifs is 1. The maximum Gasteiger partial charge on any atom is 0.262 e. The number of ether oxygens (including phenoxy) is 1. The van der Waals surface area contributed by atoms with Crippen molar-refractivity contribution in [3.05, 3.63) is 34.3 Å². The minimum absolute atomic E-state index is 0.00662. The Hall–Kier alpha value is -2.56. The van der Waals surface area contributed by atoms with Gasteiger partial charge in [0.25, 0.3) is 18.2 Å². The van der Waals surface area contributed by atoms with Gasteiger partial charge in [-0.25, -0.2) is 18.4 Å². The summed E-state index contributed by atoms with van der Waals surface area (Å²) in [6.07, 6.45) is -1.40. The number of rotatable bonds is 5. The maximum absolute atomic E-state index is 12.7. The molecule has 0 radical (unpaired) electrons. The second kappa shape index (κ2) is 7.36. The number of hydrogen-bond donors (Lipinski definition) is 1. The van der Waals surface area contributed by atoms with E-state index in [1.807, 2.05) is 0 Å². The number of amides is 2. The van der Waals surface area contributed by atoms with Gasteiger partial charge in [0.1, 0.15) is 24.4 Å². The standard InChI is InChI=1S/C15H14BrF2N5O3/c1-22(5-13-19-7-20-23(13)4-12(17)18)15(25)8-2-11-10(3-9(8)16)21-14(24)6-26-11/h2-3,7,12H,4-6H2,1H3,(H,21,24). The Morgan fingerprint density at radius 2 is 2.27 bits per heavy atom. The Bertz CT molecular complexity index is 858. The SMILES string of the molecule is CN(Cc1ncnn1CC(F)F)C(=O)c1cc2c(cc1Br)NC(=O)CO2. The van der Waals surface area contributed by atoms with Crippen LogP contribution in [0.4, 0.5) is 14.5 Å². The molecule has 0 atom stereocenters. The molecule has 2 aromatic rings. The first kappa shape index (κ1) is 18.2. The first-order valence-corrected chi connectivity index (χ1v) is 8.31. The molecule has 11 heteroatoms. The lowest BCUT2D eigenvalue weighted by molar-refractivity contribution is -0.118. The van der Waals surface area contributed by atoms with Crippen LogP contribution in [0.3, 0.4) is 0 Å². The summed E-state index contributed by atoms with van der Waals surface area (Å²) in [5.74, 6) is -0.0186. The zero-order valence-corrected chi connectivity index (χ0v) is 15.2. The molecule has 0 fully saturated rings. The van der Waals surface area contributed by atoms with Crippen molar-refractivity contribution >= 4 is 33.4 Å². The summed E-state index contributed by atoms with van der Waals surface area (Å²) in [6.45, 7) is -0.713. The summed E-state index contributed by atoms with van der Waals surface area (Å²) >= 11 is 3.30. The number of hydrogen-bond acceptors (Lipinski definition) is 5. The van der Waals surface area contributed by atoms with E-state index in [-0.39, 0.29) is 30.8 Å². The number of alkyl halides is 2. The van der Waals surface area contributed by atoms with Crippen molar-refractivity contribution in [1.82, 2.24) is 19.7 Å². The van der Waals surface area contributed by atoms with Gasteiger partial charge in [-0.3, -0.25) is 9.59 Å². The largest absolute Gasteiger partial charge is 0.482 e. The van der Waals surface area contributed by atoms with Gasteiger partial charge in [0, 0.05) is 11.5 Å². The monoisotopic (exact) mass is 429 g/mol. The van der Waals surface area contributed by atoms with E-state index in [0.717, 1.165) is 4.68 Å². The molecule has 3 rings (SSSR count). The number of aromatic nitrogens is 3. The minimum atomic E-state index is -2.57. The van der Waals surface area contributed by atoms with E-state index in [1.165, 1.54) is 24.3 Å². The summed E-state index contributed by atoms with van der Waals surface area (Å²) in [7, 11) is 1.53.